The molecule has 8 heteroatoms. The molecule has 1 N–H and O–H groups in total. The number of ether oxygens (including phenoxy) is 3. The molecular weight excluding hydrogens is 424 g/mol. The minimum Gasteiger partial charge on any atom is -0.497 e. The van der Waals surface area contributed by atoms with Gasteiger partial charge in [-0.15, -0.1) is 0 Å². The molecule has 1 atom stereocenters. The number of benzene rings is 2. The van der Waals surface area contributed by atoms with Crippen molar-refractivity contribution in [3.05, 3.63) is 60.9 Å². The number of fused-ring (bicyclic) bond motifs is 1. The third-order valence-corrected chi connectivity index (χ3v) is 5.04. The maximum absolute atomic E-state index is 10.7. The van der Waals surface area contributed by atoms with E-state index in [9.17, 15) is 4.79 Å². The summed E-state index contributed by atoms with van der Waals surface area (Å²) in [6.07, 6.45) is 1.01. The molecule has 0 radical (unpaired) electrons. The highest BCUT2D eigenvalue weighted by atomic mass is 16.5. The number of aromatic nitrogens is 2. The number of hydrogen-bond donors (Lipinski definition) is 1. The molecule has 4 aromatic rings. The lowest BCUT2D eigenvalue weighted by Crippen LogP contribution is -2.20. The summed E-state index contributed by atoms with van der Waals surface area (Å²) in [6, 6.07) is 17.4. The van der Waals surface area contributed by atoms with Gasteiger partial charge in [0, 0.05) is 11.1 Å². The summed E-state index contributed by atoms with van der Waals surface area (Å²) < 4.78 is 23.0. The number of aliphatic carboxylic acids is 1. The number of furan rings is 1. The lowest BCUT2D eigenvalue weighted by Gasteiger charge is -2.14. The Bertz CT molecular complexity index is 1220. The first-order valence-electron chi connectivity index (χ1n) is 10.5. The second kappa shape index (κ2) is 10.1. The SMILES string of the molecule is COc1ccc(-c2c(-c3ccccc3)oc3ncnc(OCC(C)OCCC(=O)O)c23)cc1. The van der Waals surface area contributed by atoms with E-state index in [-0.39, 0.29) is 25.7 Å². The molecule has 2 aromatic carbocycles. The molecule has 0 spiro atoms. The maximum Gasteiger partial charge on any atom is 0.305 e. The van der Waals surface area contributed by atoms with Crippen molar-refractivity contribution in [3.8, 4) is 34.1 Å². The van der Waals surface area contributed by atoms with Gasteiger partial charge in [-0.2, -0.15) is 0 Å². The molecule has 8 nitrogen and oxygen atoms in total. The van der Waals surface area contributed by atoms with E-state index in [4.69, 9.17) is 23.7 Å². The van der Waals surface area contributed by atoms with Gasteiger partial charge < -0.3 is 23.7 Å². The van der Waals surface area contributed by atoms with Crippen molar-refractivity contribution in [3.63, 3.8) is 0 Å². The van der Waals surface area contributed by atoms with Gasteiger partial charge in [0.25, 0.3) is 0 Å². The Morgan fingerprint density at radius 1 is 1.06 bits per heavy atom. The van der Waals surface area contributed by atoms with Gasteiger partial charge >= 0.3 is 5.97 Å². The predicted octanol–water partition coefficient (Wildman–Crippen LogP) is 4.82. The van der Waals surface area contributed by atoms with Crippen LogP contribution >= 0.6 is 0 Å². The normalized spacial score (nSPS) is 11.9. The molecule has 0 saturated carbocycles. The van der Waals surface area contributed by atoms with Crippen LogP contribution in [0, 0.1) is 0 Å². The van der Waals surface area contributed by atoms with Gasteiger partial charge in [-0.3, -0.25) is 4.79 Å². The van der Waals surface area contributed by atoms with Crippen molar-refractivity contribution in [2.24, 2.45) is 0 Å². The number of nitrogens with zero attached hydrogens (tertiary/aromatic N) is 2. The first-order valence-corrected chi connectivity index (χ1v) is 10.5. The Morgan fingerprint density at radius 3 is 2.52 bits per heavy atom. The van der Waals surface area contributed by atoms with Crippen LogP contribution in [-0.4, -0.2) is 47.5 Å². The molecule has 4 rings (SSSR count). The van der Waals surface area contributed by atoms with E-state index in [2.05, 4.69) is 9.97 Å². The molecule has 0 amide bonds. The minimum absolute atomic E-state index is 0.0636. The molecule has 0 fully saturated rings. The minimum atomic E-state index is -0.906. The van der Waals surface area contributed by atoms with Crippen LogP contribution in [0.3, 0.4) is 0 Å². The van der Waals surface area contributed by atoms with Crippen LogP contribution in [-0.2, 0) is 9.53 Å². The Hall–Kier alpha value is -3.91. The van der Waals surface area contributed by atoms with Gasteiger partial charge in [-0.1, -0.05) is 42.5 Å². The van der Waals surface area contributed by atoms with Crippen molar-refractivity contribution in [1.82, 2.24) is 9.97 Å². The average Bonchev–Trinajstić information content (AvgIpc) is 3.23. The van der Waals surface area contributed by atoms with Crippen molar-refractivity contribution in [1.29, 1.82) is 0 Å². The van der Waals surface area contributed by atoms with E-state index in [0.717, 1.165) is 22.4 Å². The zero-order valence-corrected chi connectivity index (χ0v) is 18.4. The van der Waals surface area contributed by atoms with Gasteiger partial charge in [0.1, 0.15) is 29.8 Å². The zero-order chi connectivity index (χ0) is 23.2. The second-order valence-electron chi connectivity index (χ2n) is 7.40. The average molecular weight is 448 g/mol. The van der Waals surface area contributed by atoms with Crippen molar-refractivity contribution in [2.45, 2.75) is 19.4 Å². The van der Waals surface area contributed by atoms with E-state index in [0.29, 0.717) is 22.7 Å². The quantitative estimate of drug-likeness (QED) is 0.368. The summed E-state index contributed by atoms with van der Waals surface area (Å²) in [7, 11) is 1.62. The molecule has 0 aliphatic heterocycles. The number of carbonyl (C=O) groups is 1. The van der Waals surface area contributed by atoms with Crippen LogP contribution in [0.1, 0.15) is 13.3 Å². The summed E-state index contributed by atoms with van der Waals surface area (Å²) in [4.78, 5) is 19.4. The standard InChI is InChI=1S/C25H24N2O6/c1-16(31-13-12-20(28)29)14-32-24-22-21(17-8-10-19(30-2)11-9-17)23(18-6-4-3-5-7-18)33-25(22)27-15-26-24/h3-11,15-16H,12-14H2,1-2H3,(H,28,29). The van der Waals surface area contributed by atoms with E-state index >= 15 is 0 Å². The molecule has 0 bridgehead atoms. The number of carboxylic acids is 1. The lowest BCUT2D eigenvalue weighted by atomic mass is 9.99. The molecule has 1 unspecified atom stereocenters. The van der Waals surface area contributed by atoms with Crippen LogP contribution in [0.2, 0.25) is 0 Å². The smallest absolute Gasteiger partial charge is 0.305 e. The van der Waals surface area contributed by atoms with Crippen molar-refractivity contribution in [2.75, 3.05) is 20.3 Å². The summed E-state index contributed by atoms with van der Waals surface area (Å²) in [6.45, 7) is 2.12. The third-order valence-electron chi connectivity index (χ3n) is 5.04. The number of rotatable bonds is 10. The van der Waals surface area contributed by atoms with Gasteiger partial charge in [-0.25, -0.2) is 9.97 Å². The van der Waals surface area contributed by atoms with Crippen molar-refractivity contribution < 1.29 is 28.5 Å². The summed E-state index contributed by atoms with van der Waals surface area (Å²) in [5, 5.41) is 9.43. The maximum atomic E-state index is 10.7. The fraction of sp³-hybridized carbons (Fsp3) is 0.240. The molecule has 0 aliphatic rings. The summed E-state index contributed by atoms with van der Waals surface area (Å²) in [5.74, 6) is 0.863. The zero-order valence-electron chi connectivity index (χ0n) is 18.4. The molecule has 0 aliphatic carbocycles. The van der Waals surface area contributed by atoms with Gasteiger partial charge in [0.05, 0.1) is 26.2 Å². The predicted molar refractivity (Wildman–Crippen MR) is 122 cm³/mol. The highest BCUT2D eigenvalue weighted by molar-refractivity contribution is 6.03. The molecule has 33 heavy (non-hydrogen) atoms. The second-order valence-corrected chi connectivity index (χ2v) is 7.40. The monoisotopic (exact) mass is 448 g/mol. The lowest BCUT2D eigenvalue weighted by molar-refractivity contribution is -0.138. The fourth-order valence-electron chi connectivity index (χ4n) is 3.43. The Morgan fingerprint density at radius 2 is 1.82 bits per heavy atom. The van der Waals surface area contributed by atoms with E-state index in [1.54, 1.807) is 7.11 Å². The number of hydrogen-bond acceptors (Lipinski definition) is 7. The largest absolute Gasteiger partial charge is 0.497 e. The van der Waals surface area contributed by atoms with Gasteiger partial charge in [0.2, 0.25) is 11.6 Å². The number of carboxylic acid groups (broad SMARTS) is 1. The first kappa shape index (κ1) is 22.3. The molecule has 0 saturated heterocycles. The first-order chi connectivity index (χ1) is 16.1. The molecular formula is C25H24N2O6. The fourth-order valence-corrected chi connectivity index (χ4v) is 3.43. The highest BCUT2D eigenvalue weighted by Crippen LogP contribution is 2.43. The Balaban J connectivity index is 1.73. The van der Waals surface area contributed by atoms with Gasteiger partial charge in [-0.05, 0) is 24.6 Å². The third kappa shape index (κ3) is 5.12. The molecule has 2 heterocycles. The highest BCUT2D eigenvalue weighted by Gasteiger charge is 2.23. The van der Waals surface area contributed by atoms with E-state index < -0.39 is 5.97 Å². The van der Waals surface area contributed by atoms with Crippen LogP contribution in [0.4, 0.5) is 0 Å². The summed E-state index contributed by atoms with van der Waals surface area (Å²) >= 11 is 0. The van der Waals surface area contributed by atoms with Gasteiger partial charge in [0.15, 0.2) is 0 Å². The van der Waals surface area contributed by atoms with Crippen LogP contribution < -0.4 is 9.47 Å². The van der Waals surface area contributed by atoms with Crippen LogP contribution in [0.5, 0.6) is 11.6 Å². The Kier molecular flexibility index (Phi) is 6.85. The molecule has 2 aromatic heterocycles. The number of methoxy groups -OCH3 is 1. The summed E-state index contributed by atoms with van der Waals surface area (Å²) in [5.41, 5.74) is 3.02. The molecule has 170 valence electrons. The van der Waals surface area contributed by atoms with E-state index in [1.165, 1.54) is 6.33 Å². The van der Waals surface area contributed by atoms with Crippen molar-refractivity contribution >= 4 is 17.1 Å². The van der Waals surface area contributed by atoms with Crippen LogP contribution in [0.25, 0.3) is 33.6 Å². The van der Waals surface area contributed by atoms with E-state index in [1.807, 2.05) is 61.5 Å². The Labute approximate surface area is 190 Å². The topological polar surface area (TPSA) is 104 Å². The van der Waals surface area contributed by atoms with Crippen LogP contribution in [0.15, 0.2) is 65.3 Å².